The number of Topliss-reactive ketones (excluding diaryl/α,β-unsaturated/α-hetero) is 1. The van der Waals surface area contributed by atoms with Crippen LogP contribution in [0.1, 0.15) is 46.8 Å². The van der Waals surface area contributed by atoms with Crippen molar-refractivity contribution in [2.45, 2.75) is 26.7 Å². The molecule has 0 aliphatic carbocycles. The van der Waals surface area contributed by atoms with Crippen molar-refractivity contribution in [2.24, 2.45) is 0 Å². The van der Waals surface area contributed by atoms with E-state index >= 15 is 0 Å². The molecule has 0 amide bonds. The molecule has 1 heteroatoms. The molecule has 22 heavy (non-hydrogen) atoms. The van der Waals surface area contributed by atoms with Gasteiger partial charge in [-0.25, -0.2) is 0 Å². The van der Waals surface area contributed by atoms with Crippen LogP contribution in [0.15, 0.2) is 60.7 Å². The average Bonchev–Trinajstić information content (AvgIpc) is 2.55. The van der Waals surface area contributed by atoms with Gasteiger partial charge in [-0.1, -0.05) is 67.6 Å². The van der Waals surface area contributed by atoms with Crippen molar-refractivity contribution in [2.75, 3.05) is 0 Å². The lowest BCUT2D eigenvalue weighted by molar-refractivity contribution is 0.101. The summed E-state index contributed by atoms with van der Waals surface area (Å²) in [5.41, 5.74) is 4.48. The van der Waals surface area contributed by atoms with Crippen molar-refractivity contribution in [3.8, 4) is 0 Å². The second-order valence-electron chi connectivity index (χ2n) is 5.88. The van der Waals surface area contributed by atoms with Gasteiger partial charge >= 0.3 is 0 Å². The minimum absolute atomic E-state index is 0.124. The molecule has 0 unspecified atom stereocenters. The van der Waals surface area contributed by atoms with Gasteiger partial charge in [-0.2, -0.15) is 0 Å². The molecule has 0 N–H and O–H groups in total. The standard InChI is InChI=1S/C21H20O/c1-14-12-13-19(21-11-7-4-8-17(14)21)15(2)18-9-5-6-10-20(18)16(3)22/h4-13,15H,1-3H3/t15-/m0/s1. The molecule has 110 valence electrons. The maximum Gasteiger partial charge on any atom is 0.160 e. The summed E-state index contributed by atoms with van der Waals surface area (Å²) >= 11 is 0. The lowest BCUT2D eigenvalue weighted by atomic mass is 9.85. The molecule has 3 aromatic carbocycles. The van der Waals surface area contributed by atoms with Crippen LogP contribution in [0.25, 0.3) is 10.8 Å². The molecule has 0 radical (unpaired) electrons. The first-order chi connectivity index (χ1) is 10.6. The minimum atomic E-state index is 0.124. The van der Waals surface area contributed by atoms with E-state index in [1.807, 2.05) is 18.2 Å². The van der Waals surface area contributed by atoms with Crippen LogP contribution in [-0.4, -0.2) is 5.78 Å². The van der Waals surface area contributed by atoms with Crippen molar-refractivity contribution in [3.63, 3.8) is 0 Å². The number of aryl methyl sites for hydroxylation is 1. The Morgan fingerprint density at radius 1 is 0.818 bits per heavy atom. The van der Waals surface area contributed by atoms with Gasteiger partial charge in [-0.3, -0.25) is 4.79 Å². The molecular weight excluding hydrogens is 268 g/mol. The van der Waals surface area contributed by atoms with E-state index in [0.29, 0.717) is 0 Å². The monoisotopic (exact) mass is 288 g/mol. The SMILES string of the molecule is CC(=O)c1ccccc1[C@H](C)c1ccc(C)c2ccccc12. The summed E-state index contributed by atoms with van der Waals surface area (Å²) in [6, 6.07) is 20.8. The van der Waals surface area contributed by atoms with Gasteiger partial charge in [-0.05, 0) is 41.3 Å². The van der Waals surface area contributed by atoms with Crippen LogP contribution in [0.2, 0.25) is 0 Å². The smallest absolute Gasteiger partial charge is 0.160 e. The van der Waals surface area contributed by atoms with Crippen LogP contribution in [0.5, 0.6) is 0 Å². The molecule has 1 nitrogen and oxygen atoms in total. The van der Waals surface area contributed by atoms with Crippen LogP contribution in [-0.2, 0) is 0 Å². The van der Waals surface area contributed by atoms with Crippen molar-refractivity contribution in [3.05, 3.63) is 82.9 Å². The van der Waals surface area contributed by atoms with E-state index in [1.54, 1.807) is 6.92 Å². The second kappa shape index (κ2) is 5.76. The van der Waals surface area contributed by atoms with Gasteiger partial charge in [0.05, 0.1) is 0 Å². The fraction of sp³-hybridized carbons (Fsp3) is 0.190. The largest absolute Gasteiger partial charge is 0.295 e. The number of benzene rings is 3. The highest BCUT2D eigenvalue weighted by Gasteiger charge is 2.17. The van der Waals surface area contributed by atoms with E-state index in [2.05, 4.69) is 56.3 Å². The Balaban J connectivity index is 2.20. The third-order valence-electron chi connectivity index (χ3n) is 4.45. The van der Waals surface area contributed by atoms with E-state index in [4.69, 9.17) is 0 Å². The van der Waals surface area contributed by atoms with E-state index in [1.165, 1.54) is 21.9 Å². The zero-order valence-electron chi connectivity index (χ0n) is 13.3. The molecule has 3 rings (SSSR count). The third kappa shape index (κ3) is 2.43. The summed E-state index contributed by atoms with van der Waals surface area (Å²) in [6.07, 6.45) is 0. The molecule has 0 saturated carbocycles. The maximum absolute atomic E-state index is 11.9. The Bertz CT molecular complexity index is 845. The molecule has 0 saturated heterocycles. The number of carbonyl (C=O) groups is 1. The first-order valence-corrected chi connectivity index (χ1v) is 7.67. The Kier molecular flexibility index (Phi) is 3.81. The molecule has 0 heterocycles. The molecule has 0 spiro atoms. The van der Waals surface area contributed by atoms with Gasteiger partial charge in [-0.15, -0.1) is 0 Å². The van der Waals surface area contributed by atoms with Crippen molar-refractivity contribution in [1.29, 1.82) is 0 Å². The van der Waals surface area contributed by atoms with E-state index in [9.17, 15) is 4.79 Å². The highest BCUT2D eigenvalue weighted by Crippen LogP contribution is 2.33. The van der Waals surface area contributed by atoms with Crippen LogP contribution in [0.4, 0.5) is 0 Å². The van der Waals surface area contributed by atoms with Gasteiger partial charge < -0.3 is 0 Å². The molecule has 3 aromatic rings. The number of rotatable bonds is 3. The first-order valence-electron chi connectivity index (χ1n) is 7.67. The minimum Gasteiger partial charge on any atom is -0.295 e. The van der Waals surface area contributed by atoms with E-state index < -0.39 is 0 Å². The van der Waals surface area contributed by atoms with Crippen LogP contribution < -0.4 is 0 Å². The van der Waals surface area contributed by atoms with Crippen LogP contribution in [0, 0.1) is 6.92 Å². The molecule has 0 aliphatic rings. The highest BCUT2D eigenvalue weighted by molar-refractivity contribution is 5.96. The summed E-state index contributed by atoms with van der Waals surface area (Å²) < 4.78 is 0. The van der Waals surface area contributed by atoms with E-state index in [-0.39, 0.29) is 11.7 Å². The summed E-state index contributed by atoms with van der Waals surface area (Å²) in [6.45, 7) is 5.96. The molecule has 0 fully saturated rings. The van der Waals surface area contributed by atoms with Crippen molar-refractivity contribution in [1.82, 2.24) is 0 Å². The van der Waals surface area contributed by atoms with Gasteiger partial charge in [0.2, 0.25) is 0 Å². The first kappa shape index (κ1) is 14.5. The number of carbonyl (C=O) groups excluding carboxylic acids is 1. The average molecular weight is 288 g/mol. The Morgan fingerprint density at radius 2 is 1.45 bits per heavy atom. The van der Waals surface area contributed by atoms with Crippen molar-refractivity contribution >= 4 is 16.6 Å². The Labute approximate surface area is 131 Å². The van der Waals surface area contributed by atoms with Crippen LogP contribution in [0.3, 0.4) is 0 Å². The van der Waals surface area contributed by atoms with Crippen molar-refractivity contribution < 1.29 is 4.79 Å². The topological polar surface area (TPSA) is 17.1 Å². The molecule has 1 atom stereocenters. The summed E-state index contributed by atoms with van der Waals surface area (Å²) in [4.78, 5) is 11.9. The fourth-order valence-corrected chi connectivity index (χ4v) is 3.21. The summed E-state index contributed by atoms with van der Waals surface area (Å²) in [7, 11) is 0. The predicted molar refractivity (Wildman–Crippen MR) is 92.6 cm³/mol. The Hall–Kier alpha value is -2.41. The lowest BCUT2D eigenvalue weighted by Crippen LogP contribution is -2.05. The van der Waals surface area contributed by atoms with Crippen LogP contribution >= 0.6 is 0 Å². The summed E-state index contributed by atoms with van der Waals surface area (Å²) in [5.74, 6) is 0.310. The third-order valence-corrected chi connectivity index (χ3v) is 4.45. The zero-order chi connectivity index (χ0) is 15.7. The van der Waals surface area contributed by atoms with E-state index in [0.717, 1.165) is 11.1 Å². The number of fused-ring (bicyclic) bond motifs is 1. The fourth-order valence-electron chi connectivity index (χ4n) is 3.21. The normalized spacial score (nSPS) is 12.3. The lowest BCUT2D eigenvalue weighted by Gasteiger charge is -2.18. The Morgan fingerprint density at radius 3 is 2.18 bits per heavy atom. The molecule has 0 aliphatic heterocycles. The maximum atomic E-state index is 11.9. The quantitative estimate of drug-likeness (QED) is 0.581. The molecule has 0 aromatic heterocycles. The molecule has 0 bridgehead atoms. The predicted octanol–water partition coefficient (Wildman–Crippen LogP) is 5.50. The number of hydrogen-bond acceptors (Lipinski definition) is 1. The van der Waals surface area contributed by atoms with Gasteiger partial charge in [0, 0.05) is 11.5 Å². The zero-order valence-corrected chi connectivity index (χ0v) is 13.3. The van der Waals surface area contributed by atoms with Gasteiger partial charge in [0.15, 0.2) is 5.78 Å². The number of ketones is 1. The van der Waals surface area contributed by atoms with Gasteiger partial charge in [0.1, 0.15) is 0 Å². The second-order valence-corrected chi connectivity index (χ2v) is 5.88. The number of hydrogen-bond donors (Lipinski definition) is 0. The highest BCUT2D eigenvalue weighted by atomic mass is 16.1. The molecular formula is C21H20O. The van der Waals surface area contributed by atoms with Gasteiger partial charge in [0.25, 0.3) is 0 Å². The summed E-state index contributed by atoms with van der Waals surface area (Å²) in [5, 5.41) is 2.56.